The highest BCUT2D eigenvalue weighted by atomic mass is 79.9. The van der Waals surface area contributed by atoms with Gasteiger partial charge in [0.1, 0.15) is 0 Å². The zero-order chi connectivity index (χ0) is 12.8. The molecule has 1 atom stereocenters. The minimum atomic E-state index is 0.495. The standard InChI is InChI=1S/C12H19Br2N3/c1-9(4-5-17(2)3)15-8-12-11(14)6-10(13)7-16-12/h6-7,9,15H,4-5,8H2,1-3H3. The molecule has 1 unspecified atom stereocenters. The van der Waals surface area contributed by atoms with E-state index in [4.69, 9.17) is 0 Å². The van der Waals surface area contributed by atoms with E-state index >= 15 is 0 Å². The second-order valence-electron chi connectivity index (χ2n) is 4.46. The van der Waals surface area contributed by atoms with Crippen molar-refractivity contribution in [2.24, 2.45) is 0 Å². The predicted octanol–water partition coefficient (Wildman–Crippen LogP) is 3.04. The fourth-order valence-corrected chi connectivity index (χ4v) is 2.53. The lowest BCUT2D eigenvalue weighted by atomic mass is 10.2. The van der Waals surface area contributed by atoms with Crippen molar-refractivity contribution in [3.8, 4) is 0 Å². The smallest absolute Gasteiger partial charge is 0.0684 e. The van der Waals surface area contributed by atoms with E-state index in [1.54, 1.807) is 0 Å². The van der Waals surface area contributed by atoms with Crippen LogP contribution in [0.3, 0.4) is 0 Å². The number of pyridine rings is 1. The maximum Gasteiger partial charge on any atom is 0.0684 e. The van der Waals surface area contributed by atoms with Gasteiger partial charge in [-0.05, 0) is 71.9 Å². The van der Waals surface area contributed by atoms with Gasteiger partial charge in [-0.3, -0.25) is 4.98 Å². The third kappa shape index (κ3) is 5.95. The van der Waals surface area contributed by atoms with Crippen molar-refractivity contribution in [1.29, 1.82) is 0 Å². The lowest BCUT2D eigenvalue weighted by Crippen LogP contribution is -2.29. The number of rotatable bonds is 6. The van der Waals surface area contributed by atoms with Crippen LogP contribution in [0, 0.1) is 0 Å². The van der Waals surface area contributed by atoms with Crippen LogP contribution in [0.25, 0.3) is 0 Å². The van der Waals surface area contributed by atoms with Crippen LogP contribution in [0.5, 0.6) is 0 Å². The maximum absolute atomic E-state index is 4.38. The van der Waals surface area contributed by atoms with E-state index in [9.17, 15) is 0 Å². The lowest BCUT2D eigenvalue weighted by molar-refractivity contribution is 0.365. The average molecular weight is 365 g/mol. The Morgan fingerprint density at radius 2 is 2.12 bits per heavy atom. The lowest BCUT2D eigenvalue weighted by Gasteiger charge is -2.16. The van der Waals surface area contributed by atoms with E-state index in [1.807, 2.05) is 12.3 Å². The second-order valence-corrected chi connectivity index (χ2v) is 6.23. The summed E-state index contributed by atoms with van der Waals surface area (Å²) >= 11 is 6.92. The summed E-state index contributed by atoms with van der Waals surface area (Å²) in [6.07, 6.45) is 2.97. The van der Waals surface area contributed by atoms with Crippen molar-refractivity contribution in [2.45, 2.75) is 25.9 Å². The molecule has 0 radical (unpaired) electrons. The second kappa shape index (κ2) is 7.46. The number of halogens is 2. The monoisotopic (exact) mass is 363 g/mol. The van der Waals surface area contributed by atoms with Gasteiger partial charge in [-0.15, -0.1) is 0 Å². The molecule has 1 N–H and O–H groups in total. The molecule has 0 spiro atoms. The molecule has 5 heteroatoms. The number of hydrogen-bond acceptors (Lipinski definition) is 3. The Hall–Kier alpha value is 0.0300. The highest BCUT2D eigenvalue weighted by Gasteiger charge is 2.06. The van der Waals surface area contributed by atoms with Gasteiger partial charge in [-0.25, -0.2) is 0 Å². The first-order chi connectivity index (χ1) is 7.99. The zero-order valence-corrected chi connectivity index (χ0v) is 13.7. The van der Waals surface area contributed by atoms with E-state index in [0.717, 1.165) is 34.1 Å². The summed E-state index contributed by atoms with van der Waals surface area (Å²) in [6.45, 7) is 4.10. The molecule has 0 aliphatic carbocycles. The third-order valence-electron chi connectivity index (χ3n) is 2.51. The Labute approximate surface area is 120 Å². The van der Waals surface area contributed by atoms with Crippen LogP contribution in [0.1, 0.15) is 19.0 Å². The first kappa shape index (κ1) is 15.1. The molecule has 3 nitrogen and oxygen atoms in total. The molecule has 1 aromatic heterocycles. The molecule has 1 rings (SSSR count). The Morgan fingerprint density at radius 1 is 1.41 bits per heavy atom. The first-order valence-corrected chi connectivity index (χ1v) is 7.25. The molecule has 0 amide bonds. The van der Waals surface area contributed by atoms with Crippen LogP contribution in [0.15, 0.2) is 21.2 Å². The Morgan fingerprint density at radius 3 is 2.71 bits per heavy atom. The van der Waals surface area contributed by atoms with Crippen molar-refractivity contribution in [3.63, 3.8) is 0 Å². The number of nitrogens with one attached hydrogen (secondary N) is 1. The van der Waals surface area contributed by atoms with E-state index in [2.05, 4.69) is 68.1 Å². The van der Waals surface area contributed by atoms with Crippen molar-refractivity contribution >= 4 is 31.9 Å². The van der Waals surface area contributed by atoms with Gasteiger partial charge >= 0.3 is 0 Å². The topological polar surface area (TPSA) is 28.2 Å². The molecule has 1 heterocycles. The number of hydrogen-bond donors (Lipinski definition) is 1. The highest BCUT2D eigenvalue weighted by molar-refractivity contribution is 9.11. The van der Waals surface area contributed by atoms with Gasteiger partial charge < -0.3 is 10.2 Å². The summed E-state index contributed by atoms with van der Waals surface area (Å²) in [5.41, 5.74) is 1.05. The molecule has 0 fully saturated rings. The van der Waals surface area contributed by atoms with Gasteiger partial charge in [-0.2, -0.15) is 0 Å². The largest absolute Gasteiger partial charge is 0.309 e. The van der Waals surface area contributed by atoms with Gasteiger partial charge in [-0.1, -0.05) is 0 Å². The van der Waals surface area contributed by atoms with Crippen LogP contribution < -0.4 is 5.32 Å². The first-order valence-electron chi connectivity index (χ1n) is 5.67. The summed E-state index contributed by atoms with van der Waals surface area (Å²) in [7, 11) is 4.19. The molecule has 17 heavy (non-hydrogen) atoms. The molecule has 0 saturated carbocycles. The normalized spacial score (nSPS) is 13.1. The molecule has 96 valence electrons. The van der Waals surface area contributed by atoms with Gasteiger partial charge in [0.15, 0.2) is 0 Å². The number of aromatic nitrogens is 1. The summed E-state index contributed by atoms with van der Waals surface area (Å²) in [6, 6.07) is 2.52. The van der Waals surface area contributed by atoms with Gasteiger partial charge in [0.25, 0.3) is 0 Å². The van der Waals surface area contributed by atoms with E-state index < -0.39 is 0 Å². The summed E-state index contributed by atoms with van der Waals surface area (Å²) in [4.78, 5) is 6.58. The molecular weight excluding hydrogens is 346 g/mol. The Bertz CT molecular complexity index is 356. The average Bonchev–Trinajstić information content (AvgIpc) is 2.25. The van der Waals surface area contributed by atoms with Crippen LogP contribution in [-0.4, -0.2) is 36.6 Å². The summed E-state index contributed by atoms with van der Waals surface area (Å²) < 4.78 is 2.04. The van der Waals surface area contributed by atoms with Crippen LogP contribution in [0.2, 0.25) is 0 Å². The minimum Gasteiger partial charge on any atom is -0.309 e. The van der Waals surface area contributed by atoms with E-state index in [1.165, 1.54) is 0 Å². The van der Waals surface area contributed by atoms with Gasteiger partial charge in [0.2, 0.25) is 0 Å². The molecule has 0 bridgehead atoms. The van der Waals surface area contributed by atoms with E-state index in [0.29, 0.717) is 6.04 Å². The minimum absolute atomic E-state index is 0.495. The Balaban J connectivity index is 2.39. The van der Waals surface area contributed by atoms with Gasteiger partial charge in [0.05, 0.1) is 5.69 Å². The van der Waals surface area contributed by atoms with Crippen LogP contribution in [-0.2, 0) is 6.54 Å². The van der Waals surface area contributed by atoms with Crippen molar-refractivity contribution < 1.29 is 0 Å². The fraction of sp³-hybridized carbons (Fsp3) is 0.583. The third-order valence-corrected chi connectivity index (χ3v) is 3.63. The zero-order valence-electron chi connectivity index (χ0n) is 10.5. The van der Waals surface area contributed by atoms with Crippen molar-refractivity contribution in [1.82, 2.24) is 15.2 Å². The van der Waals surface area contributed by atoms with Crippen molar-refractivity contribution in [3.05, 3.63) is 26.9 Å². The predicted molar refractivity (Wildman–Crippen MR) is 79.1 cm³/mol. The molecule has 0 aliphatic heterocycles. The van der Waals surface area contributed by atoms with Crippen molar-refractivity contribution in [2.75, 3.05) is 20.6 Å². The molecular formula is C12H19Br2N3. The fourth-order valence-electron chi connectivity index (χ4n) is 1.40. The molecule has 0 saturated heterocycles. The highest BCUT2D eigenvalue weighted by Crippen LogP contribution is 2.19. The SMILES string of the molecule is CC(CCN(C)C)NCc1ncc(Br)cc1Br. The van der Waals surface area contributed by atoms with Crippen LogP contribution in [0.4, 0.5) is 0 Å². The summed E-state index contributed by atoms with van der Waals surface area (Å²) in [5.74, 6) is 0. The van der Waals surface area contributed by atoms with Gasteiger partial charge in [0, 0.05) is 27.7 Å². The molecule has 0 aromatic carbocycles. The quantitative estimate of drug-likeness (QED) is 0.840. The molecule has 0 aliphatic rings. The maximum atomic E-state index is 4.38. The molecule has 1 aromatic rings. The van der Waals surface area contributed by atoms with E-state index in [-0.39, 0.29) is 0 Å². The number of nitrogens with zero attached hydrogens (tertiary/aromatic N) is 2. The Kier molecular flexibility index (Phi) is 6.62. The van der Waals surface area contributed by atoms with Crippen LogP contribution >= 0.6 is 31.9 Å². The summed E-state index contributed by atoms with van der Waals surface area (Å²) in [5, 5.41) is 3.48.